The van der Waals surface area contributed by atoms with Crippen LogP contribution in [0.4, 0.5) is 4.39 Å². The van der Waals surface area contributed by atoms with Crippen molar-refractivity contribution in [3.63, 3.8) is 0 Å². The van der Waals surface area contributed by atoms with Gasteiger partial charge in [0, 0.05) is 5.56 Å². The average molecular weight is 325 g/mol. The molecule has 0 saturated carbocycles. The highest BCUT2D eigenvalue weighted by molar-refractivity contribution is 5.76. The third kappa shape index (κ3) is 3.81. The number of nitrogens with zero attached hydrogens (tertiary/aromatic N) is 4. The fourth-order valence-electron chi connectivity index (χ4n) is 2.27. The summed E-state index contributed by atoms with van der Waals surface area (Å²) >= 11 is 0. The summed E-state index contributed by atoms with van der Waals surface area (Å²) < 4.78 is 12.9. The van der Waals surface area contributed by atoms with Crippen LogP contribution in [0.15, 0.2) is 54.6 Å². The molecule has 0 saturated heterocycles. The van der Waals surface area contributed by atoms with E-state index in [2.05, 4.69) is 20.7 Å². The highest BCUT2D eigenvalue weighted by Crippen LogP contribution is 2.14. The Hall–Kier alpha value is -3.09. The summed E-state index contributed by atoms with van der Waals surface area (Å²) in [4.78, 5) is 13.3. The number of nitrogens with one attached hydrogen (secondary N) is 1. The summed E-state index contributed by atoms with van der Waals surface area (Å²) in [5.41, 5.74) is 1.66. The Morgan fingerprint density at radius 1 is 1.17 bits per heavy atom. The molecule has 6 nitrogen and oxygen atoms in total. The van der Waals surface area contributed by atoms with Crippen molar-refractivity contribution in [1.29, 1.82) is 0 Å². The number of aromatic nitrogens is 4. The predicted molar refractivity (Wildman–Crippen MR) is 86.2 cm³/mol. The van der Waals surface area contributed by atoms with Crippen molar-refractivity contribution >= 4 is 5.91 Å². The lowest BCUT2D eigenvalue weighted by Gasteiger charge is -2.13. The fraction of sp³-hybridized carbons (Fsp3) is 0.176. The Morgan fingerprint density at radius 3 is 2.58 bits per heavy atom. The molecule has 3 rings (SSSR count). The minimum atomic E-state index is -0.333. The van der Waals surface area contributed by atoms with Crippen molar-refractivity contribution in [3.05, 3.63) is 66.0 Å². The molecule has 1 N–H and O–H groups in total. The number of hydrogen-bond acceptors (Lipinski definition) is 4. The maximum atomic E-state index is 12.9. The molecule has 0 spiro atoms. The molecule has 0 aliphatic rings. The van der Waals surface area contributed by atoms with Crippen LogP contribution in [0.1, 0.15) is 18.5 Å². The summed E-state index contributed by atoms with van der Waals surface area (Å²) in [5.74, 6) is -0.200. The quantitative estimate of drug-likeness (QED) is 0.781. The van der Waals surface area contributed by atoms with Crippen molar-refractivity contribution in [2.75, 3.05) is 0 Å². The van der Waals surface area contributed by atoms with E-state index in [1.54, 1.807) is 12.1 Å². The molecule has 0 fully saturated rings. The van der Waals surface area contributed by atoms with Crippen molar-refractivity contribution in [3.8, 4) is 11.4 Å². The first-order chi connectivity index (χ1) is 11.6. The highest BCUT2D eigenvalue weighted by atomic mass is 19.1. The Morgan fingerprint density at radius 2 is 1.88 bits per heavy atom. The van der Waals surface area contributed by atoms with E-state index < -0.39 is 0 Å². The Bertz CT molecular complexity index is 817. The number of hydrogen-bond donors (Lipinski definition) is 1. The second-order valence-corrected chi connectivity index (χ2v) is 5.35. The van der Waals surface area contributed by atoms with Crippen LogP contribution in [0.2, 0.25) is 0 Å². The van der Waals surface area contributed by atoms with Crippen LogP contribution in [0.25, 0.3) is 11.4 Å². The van der Waals surface area contributed by atoms with E-state index in [1.807, 2.05) is 37.3 Å². The molecule has 2 aromatic carbocycles. The SMILES string of the molecule is C[C@H](NC(=O)Cn1nnc(-c2ccc(F)cc2)n1)c1ccccc1. The summed E-state index contributed by atoms with van der Waals surface area (Å²) in [7, 11) is 0. The molecule has 0 radical (unpaired) electrons. The molecule has 0 bridgehead atoms. The van der Waals surface area contributed by atoms with Crippen LogP contribution < -0.4 is 5.32 Å². The number of amides is 1. The van der Waals surface area contributed by atoms with E-state index in [4.69, 9.17) is 0 Å². The number of tetrazole rings is 1. The Labute approximate surface area is 138 Å². The van der Waals surface area contributed by atoms with Gasteiger partial charge in [-0.25, -0.2) is 4.39 Å². The highest BCUT2D eigenvalue weighted by Gasteiger charge is 2.12. The van der Waals surface area contributed by atoms with Crippen molar-refractivity contribution < 1.29 is 9.18 Å². The topological polar surface area (TPSA) is 72.7 Å². The monoisotopic (exact) mass is 325 g/mol. The molecule has 7 heteroatoms. The zero-order valence-corrected chi connectivity index (χ0v) is 13.1. The molecule has 1 atom stereocenters. The van der Waals surface area contributed by atoms with Crippen LogP contribution in [-0.2, 0) is 11.3 Å². The lowest BCUT2D eigenvalue weighted by Crippen LogP contribution is -2.30. The Balaban J connectivity index is 1.62. The molecule has 0 unspecified atom stereocenters. The van der Waals surface area contributed by atoms with Gasteiger partial charge in [0.2, 0.25) is 11.7 Å². The van der Waals surface area contributed by atoms with Crippen molar-refractivity contribution in [2.24, 2.45) is 0 Å². The van der Waals surface area contributed by atoms with Crippen LogP contribution >= 0.6 is 0 Å². The predicted octanol–water partition coefficient (Wildman–Crippen LogP) is 2.36. The van der Waals surface area contributed by atoms with E-state index in [-0.39, 0.29) is 24.3 Å². The van der Waals surface area contributed by atoms with Gasteiger partial charge in [0.15, 0.2) is 0 Å². The van der Waals surface area contributed by atoms with Gasteiger partial charge in [0.1, 0.15) is 12.4 Å². The lowest BCUT2D eigenvalue weighted by atomic mass is 10.1. The second-order valence-electron chi connectivity index (χ2n) is 5.35. The standard InChI is InChI=1S/C17H16FN5O/c1-12(13-5-3-2-4-6-13)19-16(24)11-23-21-17(20-22-23)14-7-9-15(18)10-8-14/h2-10,12H,11H2,1H3,(H,19,24)/t12-/m0/s1. The van der Waals surface area contributed by atoms with Gasteiger partial charge in [0.05, 0.1) is 6.04 Å². The number of rotatable bonds is 5. The molecule has 1 aromatic heterocycles. The van der Waals surface area contributed by atoms with Crippen LogP contribution in [0.5, 0.6) is 0 Å². The van der Waals surface area contributed by atoms with Crippen molar-refractivity contribution in [1.82, 2.24) is 25.5 Å². The van der Waals surface area contributed by atoms with E-state index >= 15 is 0 Å². The summed E-state index contributed by atoms with van der Waals surface area (Å²) in [5, 5.41) is 14.8. The first kappa shape index (κ1) is 15.8. The van der Waals surface area contributed by atoms with Gasteiger partial charge in [-0.15, -0.1) is 10.2 Å². The molecule has 122 valence electrons. The molecule has 24 heavy (non-hydrogen) atoms. The Kier molecular flexibility index (Phi) is 4.60. The van der Waals surface area contributed by atoms with Gasteiger partial charge in [0.25, 0.3) is 0 Å². The third-order valence-electron chi connectivity index (χ3n) is 3.52. The van der Waals surface area contributed by atoms with Gasteiger partial charge in [-0.05, 0) is 42.0 Å². The smallest absolute Gasteiger partial charge is 0.244 e. The molecular formula is C17H16FN5O. The third-order valence-corrected chi connectivity index (χ3v) is 3.52. The van der Waals surface area contributed by atoms with Crippen LogP contribution in [-0.4, -0.2) is 26.1 Å². The van der Waals surface area contributed by atoms with Gasteiger partial charge in [-0.2, -0.15) is 4.80 Å². The summed E-state index contributed by atoms with van der Waals surface area (Å²) in [6.45, 7) is 1.87. The van der Waals surface area contributed by atoms with Crippen molar-refractivity contribution in [2.45, 2.75) is 19.5 Å². The van der Waals surface area contributed by atoms with E-state index in [9.17, 15) is 9.18 Å². The fourth-order valence-corrected chi connectivity index (χ4v) is 2.27. The first-order valence-corrected chi connectivity index (χ1v) is 7.50. The molecule has 1 heterocycles. The summed E-state index contributed by atoms with van der Waals surface area (Å²) in [6, 6.07) is 15.3. The van der Waals surface area contributed by atoms with Gasteiger partial charge >= 0.3 is 0 Å². The minimum Gasteiger partial charge on any atom is -0.348 e. The van der Waals surface area contributed by atoms with E-state index in [0.29, 0.717) is 11.4 Å². The molecule has 1 amide bonds. The van der Waals surface area contributed by atoms with E-state index in [1.165, 1.54) is 16.9 Å². The normalized spacial score (nSPS) is 11.9. The number of halogens is 1. The zero-order chi connectivity index (χ0) is 16.9. The lowest BCUT2D eigenvalue weighted by molar-refractivity contribution is -0.122. The number of carbonyl (C=O) groups excluding carboxylic acids is 1. The largest absolute Gasteiger partial charge is 0.348 e. The molecule has 3 aromatic rings. The molecule has 0 aliphatic carbocycles. The van der Waals surface area contributed by atoms with Crippen LogP contribution in [0.3, 0.4) is 0 Å². The zero-order valence-electron chi connectivity index (χ0n) is 13.1. The summed E-state index contributed by atoms with van der Waals surface area (Å²) in [6.07, 6.45) is 0. The van der Waals surface area contributed by atoms with Gasteiger partial charge < -0.3 is 5.32 Å². The van der Waals surface area contributed by atoms with E-state index in [0.717, 1.165) is 5.56 Å². The first-order valence-electron chi connectivity index (χ1n) is 7.50. The maximum absolute atomic E-state index is 12.9. The maximum Gasteiger partial charge on any atom is 0.244 e. The second kappa shape index (κ2) is 6.99. The van der Waals surface area contributed by atoms with Crippen LogP contribution in [0, 0.1) is 5.82 Å². The number of benzene rings is 2. The molecule has 0 aliphatic heterocycles. The minimum absolute atomic E-state index is 0.0363. The average Bonchev–Trinajstić information content (AvgIpc) is 3.04. The number of carbonyl (C=O) groups is 1. The van der Waals surface area contributed by atoms with Gasteiger partial charge in [-0.1, -0.05) is 30.3 Å². The van der Waals surface area contributed by atoms with Gasteiger partial charge in [-0.3, -0.25) is 4.79 Å². The molecular weight excluding hydrogens is 309 g/mol.